The number of carbonyl (C=O) groups excluding carboxylic acids is 1. The van der Waals surface area contributed by atoms with Crippen LogP contribution in [0.3, 0.4) is 0 Å². The number of anilines is 1. The van der Waals surface area contributed by atoms with Gasteiger partial charge in [0.15, 0.2) is 0 Å². The first-order valence-electron chi connectivity index (χ1n) is 9.44. The van der Waals surface area contributed by atoms with Gasteiger partial charge in [-0.3, -0.25) is 4.98 Å². The average Bonchev–Trinajstić information content (AvgIpc) is 2.78. The Bertz CT molecular complexity index is 1070. The third-order valence-corrected chi connectivity index (χ3v) is 4.54. The van der Waals surface area contributed by atoms with Gasteiger partial charge in [-0.2, -0.15) is 5.26 Å². The minimum Gasteiger partial charge on any atom is -0.445 e. The van der Waals surface area contributed by atoms with Crippen molar-refractivity contribution in [2.24, 2.45) is 0 Å². The lowest BCUT2D eigenvalue weighted by atomic mass is 10.00. The van der Waals surface area contributed by atoms with E-state index in [9.17, 15) is 4.79 Å². The normalized spacial score (nSPS) is 11.2. The Morgan fingerprint density at radius 2 is 2.03 bits per heavy atom. The first-order chi connectivity index (χ1) is 14.6. The fourth-order valence-corrected chi connectivity index (χ4v) is 3.03. The summed E-state index contributed by atoms with van der Waals surface area (Å²) in [7, 11) is 0. The van der Waals surface area contributed by atoms with Crippen LogP contribution in [0.15, 0.2) is 79.5 Å². The molecular formula is C24H22N4O2. The molecule has 2 aromatic carbocycles. The summed E-state index contributed by atoms with van der Waals surface area (Å²) in [5, 5.41) is 11.9. The number of nitrogens with zero attached hydrogens (tertiary/aromatic N) is 2. The van der Waals surface area contributed by atoms with Crippen molar-refractivity contribution in [3.8, 4) is 17.2 Å². The van der Waals surface area contributed by atoms with Gasteiger partial charge < -0.3 is 15.8 Å². The van der Waals surface area contributed by atoms with E-state index < -0.39 is 12.1 Å². The smallest absolute Gasteiger partial charge is 0.408 e. The number of alkyl carbamates (subject to hydrolysis) is 1. The second kappa shape index (κ2) is 9.89. The van der Waals surface area contributed by atoms with Crippen LogP contribution in [0.25, 0.3) is 11.1 Å². The van der Waals surface area contributed by atoms with Gasteiger partial charge in [-0.15, -0.1) is 6.58 Å². The number of ether oxygens (including phenoxy) is 1. The molecule has 0 fully saturated rings. The Labute approximate surface area is 175 Å². The van der Waals surface area contributed by atoms with Crippen LogP contribution < -0.4 is 11.1 Å². The van der Waals surface area contributed by atoms with E-state index in [-0.39, 0.29) is 6.61 Å². The van der Waals surface area contributed by atoms with Crippen molar-refractivity contribution in [1.82, 2.24) is 10.3 Å². The third-order valence-electron chi connectivity index (χ3n) is 4.54. The molecule has 0 radical (unpaired) electrons. The lowest BCUT2D eigenvalue weighted by molar-refractivity contribution is 0.135. The summed E-state index contributed by atoms with van der Waals surface area (Å²) in [5.74, 6) is 0. The van der Waals surface area contributed by atoms with Crippen LogP contribution in [0.2, 0.25) is 0 Å². The monoisotopic (exact) mass is 398 g/mol. The Morgan fingerprint density at radius 3 is 2.73 bits per heavy atom. The van der Waals surface area contributed by atoms with Crippen molar-refractivity contribution in [3.63, 3.8) is 0 Å². The van der Waals surface area contributed by atoms with Gasteiger partial charge in [0.25, 0.3) is 0 Å². The molecule has 6 nitrogen and oxygen atoms in total. The predicted molar refractivity (Wildman–Crippen MR) is 116 cm³/mol. The SMILES string of the molecule is C=CC[C@H](NC(=O)OCc1ccccc1)c1cc(-c2ccc(C#N)cc2N)ccn1. The van der Waals surface area contributed by atoms with Gasteiger partial charge in [-0.1, -0.05) is 42.5 Å². The second-order valence-corrected chi connectivity index (χ2v) is 6.67. The van der Waals surface area contributed by atoms with E-state index in [1.165, 1.54) is 0 Å². The minimum absolute atomic E-state index is 0.183. The van der Waals surface area contributed by atoms with Gasteiger partial charge in [-0.05, 0) is 41.8 Å². The lowest BCUT2D eigenvalue weighted by Gasteiger charge is -2.18. The van der Waals surface area contributed by atoms with Gasteiger partial charge in [0.2, 0.25) is 0 Å². The number of benzene rings is 2. The lowest BCUT2D eigenvalue weighted by Crippen LogP contribution is -2.29. The number of aromatic nitrogens is 1. The summed E-state index contributed by atoms with van der Waals surface area (Å²) >= 11 is 0. The number of hydrogen-bond acceptors (Lipinski definition) is 5. The van der Waals surface area contributed by atoms with Crippen molar-refractivity contribution in [2.45, 2.75) is 19.1 Å². The highest BCUT2D eigenvalue weighted by Gasteiger charge is 2.17. The molecule has 0 spiro atoms. The van der Waals surface area contributed by atoms with E-state index in [0.717, 1.165) is 16.7 Å². The summed E-state index contributed by atoms with van der Waals surface area (Å²) in [6.07, 6.45) is 3.33. The Hall–Kier alpha value is -4.11. The molecule has 3 rings (SSSR count). The average molecular weight is 398 g/mol. The maximum Gasteiger partial charge on any atom is 0.408 e. The molecule has 1 atom stereocenters. The number of hydrogen-bond donors (Lipinski definition) is 2. The number of nitrogens with two attached hydrogens (primary N) is 1. The summed E-state index contributed by atoms with van der Waals surface area (Å²) < 4.78 is 5.32. The number of nitrogen functional groups attached to an aromatic ring is 1. The molecule has 0 bridgehead atoms. The first kappa shape index (κ1) is 20.6. The number of pyridine rings is 1. The number of amides is 1. The molecule has 1 amide bonds. The highest BCUT2D eigenvalue weighted by atomic mass is 16.5. The Kier molecular flexibility index (Phi) is 6.80. The molecule has 0 aliphatic carbocycles. The van der Waals surface area contributed by atoms with Gasteiger partial charge in [-0.25, -0.2) is 4.79 Å². The summed E-state index contributed by atoms with van der Waals surface area (Å²) in [4.78, 5) is 16.7. The molecule has 150 valence electrons. The molecule has 0 saturated heterocycles. The zero-order valence-corrected chi connectivity index (χ0v) is 16.4. The molecule has 30 heavy (non-hydrogen) atoms. The minimum atomic E-state index is -0.532. The molecular weight excluding hydrogens is 376 g/mol. The predicted octanol–water partition coefficient (Wildman–Crippen LogP) is 4.75. The van der Waals surface area contributed by atoms with Crippen molar-refractivity contribution < 1.29 is 9.53 Å². The van der Waals surface area contributed by atoms with Crippen molar-refractivity contribution in [3.05, 3.63) is 96.3 Å². The molecule has 3 aromatic rings. The number of nitrogens with one attached hydrogen (secondary N) is 1. The summed E-state index contributed by atoms with van der Waals surface area (Å²) in [6.45, 7) is 3.95. The highest BCUT2D eigenvalue weighted by Crippen LogP contribution is 2.28. The number of rotatable bonds is 7. The van der Waals surface area contributed by atoms with Gasteiger partial charge in [0.1, 0.15) is 6.61 Å². The zero-order valence-electron chi connectivity index (χ0n) is 16.4. The number of carbonyl (C=O) groups is 1. The Balaban J connectivity index is 1.76. The third kappa shape index (κ3) is 5.24. The van der Waals surface area contributed by atoms with Crippen LogP contribution in [0.5, 0.6) is 0 Å². The van der Waals surface area contributed by atoms with Crippen LogP contribution in [-0.2, 0) is 11.3 Å². The largest absolute Gasteiger partial charge is 0.445 e. The van der Waals surface area contributed by atoms with Gasteiger partial charge in [0, 0.05) is 17.4 Å². The van der Waals surface area contributed by atoms with Crippen molar-refractivity contribution in [2.75, 3.05) is 5.73 Å². The van der Waals surface area contributed by atoms with Crippen LogP contribution in [0.1, 0.15) is 29.3 Å². The van der Waals surface area contributed by atoms with Crippen LogP contribution in [0.4, 0.5) is 10.5 Å². The molecule has 0 aliphatic rings. The molecule has 1 heterocycles. The van der Waals surface area contributed by atoms with E-state index in [4.69, 9.17) is 15.7 Å². The molecule has 0 unspecified atom stereocenters. The van der Waals surface area contributed by atoms with E-state index in [1.54, 1.807) is 30.5 Å². The standard InChI is InChI=1S/C24H22N4O2/c1-2-6-22(28-24(29)30-16-17-7-4-3-5-8-17)23-14-19(11-12-27-23)20-10-9-18(15-25)13-21(20)26/h2-5,7-14,22H,1,6,16,26H2,(H,28,29)/t22-/m0/s1. The maximum absolute atomic E-state index is 12.3. The summed E-state index contributed by atoms with van der Waals surface area (Å²) in [6, 6.07) is 20.0. The maximum atomic E-state index is 12.3. The second-order valence-electron chi connectivity index (χ2n) is 6.67. The van der Waals surface area contributed by atoms with Crippen LogP contribution in [-0.4, -0.2) is 11.1 Å². The quantitative estimate of drug-likeness (QED) is 0.442. The van der Waals surface area contributed by atoms with Gasteiger partial charge >= 0.3 is 6.09 Å². The van der Waals surface area contributed by atoms with Crippen molar-refractivity contribution in [1.29, 1.82) is 5.26 Å². The molecule has 1 aromatic heterocycles. The fraction of sp³-hybridized carbons (Fsp3) is 0.125. The van der Waals surface area contributed by atoms with Crippen LogP contribution >= 0.6 is 0 Å². The molecule has 6 heteroatoms. The summed E-state index contributed by atoms with van der Waals surface area (Å²) in [5.41, 5.74) is 10.3. The van der Waals surface area contributed by atoms with Crippen LogP contribution in [0, 0.1) is 11.3 Å². The molecule has 0 aliphatic heterocycles. The Morgan fingerprint density at radius 1 is 1.23 bits per heavy atom. The van der Waals surface area contributed by atoms with E-state index in [2.05, 4.69) is 22.9 Å². The fourth-order valence-electron chi connectivity index (χ4n) is 3.03. The zero-order chi connectivity index (χ0) is 21.3. The van der Waals surface area contributed by atoms with E-state index >= 15 is 0 Å². The molecule has 3 N–H and O–H groups in total. The van der Waals surface area contributed by atoms with E-state index in [0.29, 0.717) is 23.4 Å². The number of nitriles is 1. The topological polar surface area (TPSA) is 101 Å². The van der Waals surface area contributed by atoms with Gasteiger partial charge in [0.05, 0.1) is 23.4 Å². The van der Waals surface area contributed by atoms with Crippen molar-refractivity contribution >= 4 is 11.8 Å². The molecule has 0 saturated carbocycles. The van der Waals surface area contributed by atoms with E-state index in [1.807, 2.05) is 42.5 Å². The highest BCUT2D eigenvalue weighted by molar-refractivity contribution is 5.77. The first-order valence-corrected chi connectivity index (χ1v) is 9.44.